The minimum atomic E-state index is 0.722. The molecule has 0 aliphatic heterocycles. The van der Waals surface area contributed by atoms with Gasteiger partial charge in [-0.25, -0.2) is 4.98 Å². The van der Waals surface area contributed by atoms with Crippen LogP contribution in [0.4, 0.5) is 5.69 Å². The second-order valence-electron chi connectivity index (χ2n) is 4.50. The number of imidazole rings is 1. The van der Waals surface area contributed by atoms with Crippen molar-refractivity contribution in [3.8, 4) is 11.5 Å². The lowest BCUT2D eigenvalue weighted by Gasteiger charge is -2.12. The maximum absolute atomic E-state index is 5.29. The zero-order valence-electron chi connectivity index (χ0n) is 12.2. The highest BCUT2D eigenvalue weighted by Gasteiger charge is 2.05. The van der Waals surface area contributed by atoms with E-state index in [1.165, 1.54) is 5.69 Å². The van der Waals surface area contributed by atoms with Gasteiger partial charge in [0.05, 0.1) is 32.8 Å². The molecule has 2 aromatic rings. The predicted molar refractivity (Wildman–Crippen MR) is 79.4 cm³/mol. The molecule has 108 valence electrons. The number of benzene rings is 1. The van der Waals surface area contributed by atoms with Gasteiger partial charge in [-0.05, 0) is 18.6 Å². The number of rotatable bonds is 7. The Morgan fingerprint density at radius 1 is 1.20 bits per heavy atom. The Hall–Kier alpha value is -2.17. The van der Waals surface area contributed by atoms with Gasteiger partial charge in [-0.2, -0.15) is 0 Å². The summed E-state index contributed by atoms with van der Waals surface area (Å²) in [6, 6.07) is 5.80. The van der Waals surface area contributed by atoms with Gasteiger partial charge in [-0.1, -0.05) is 6.92 Å². The smallest absolute Gasteiger partial charge is 0.162 e. The van der Waals surface area contributed by atoms with Crippen LogP contribution in [0.15, 0.2) is 30.7 Å². The molecule has 0 spiro atoms. The van der Waals surface area contributed by atoms with Gasteiger partial charge in [0, 0.05) is 24.5 Å². The molecular weight excluding hydrogens is 254 g/mol. The van der Waals surface area contributed by atoms with Gasteiger partial charge < -0.3 is 19.4 Å². The summed E-state index contributed by atoms with van der Waals surface area (Å²) in [5.74, 6) is 1.45. The third kappa shape index (κ3) is 3.23. The Kier molecular flexibility index (Phi) is 4.87. The molecule has 0 aliphatic rings. The SMILES string of the molecule is CCCn1cncc1CNc1ccc(OC)c(OC)c1. The van der Waals surface area contributed by atoms with E-state index in [1.54, 1.807) is 14.2 Å². The molecular formula is C15H21N3O2. The molecule has 0 saturated heterocycles. The zero-order chi connectivity index (χ0) is 14.4. The topological polar surface area (TPSA) is 48.3 Å². The maximum Gasteiger partial charge on any atom is 0.162 e. The lowest BCUT2D eigenvalue weighted by atomic mass is 10.2. The number of hydrogen-bond acceptors (Lipinski definition) is 4. The van der Waals surface area contributed by atoms with Gasteiger partial charge in [-0.3, -0.25) is 0 Å². The number of aryl methyl sites for hydroxylation is 1. The normalized spacial score (nSPS) is 10.3. The van der Waals surface area contributed by atoms with Crippen LogP contribution in [0.3, 0.4) is 0 Å². The van der Waals surface area contributed by atoms with Gasteiger partial charge in [0.25, 0.3) is 0 Å². The van der Waals surface area contributed by atoms with Gasteiger partial charge in [0.2, 0.25) is 0 Å². The molecule has 0 atom stereocenters. The molecule has 0 bridgehead atoms. The fourth-order valence-electron chi connectivity index (χ4n) is 2.08. The van der Waals surface area contributed by atoms with Crippen LogP contribution in [0.2, 0.25) is 0 Å². The van der Waals surface area contributed by atoms with Crippen LogP contribution in [0.25, 0.3) is 0 Å². The quantitative estimate of drug-likeness (QED) is 0.844. The van der Waals surface area contributed by atoms with Gasteiger partial charge in [0.1, 0.15) is 0 Å². The minimum absolute atomic E-state index is 0.722. The van der Waals surface area contributed by atoms with E-state index in [1.807, 2.05) is 30.7 Å². The molecule has 5 heteroatoms. The van der Waals surface area contributed by atoms with E-state index in [0.717, 1.165) is 36.7 Å². The van der Waals surface area contributed by atoms with Crippen LogP contribution in [-0.2, 0) is 13.1 Å². The first kappa shape index (κ1) is 14.2. The number of hydrogen-bond donors (Lipinski definition) is 1. The molecule has 2 rings (SSSR count). The fourth-order valence-corrected chi connectivity index (χ4v) is 2.08. The van der Waals surface area contributed by atoms with Crippen LogP contribution in [0.5, 0.6) is 11.5 Å². The first-order valence-electron chi connectivity index (χ1n) is 6.73. The summed E-state index contributed by atoms with van der Waals surface area (Å²) < 4.78 is 12.7. The maximum atomic E-state index is 5.29. The summed E-state index contributed by atoms with van der Waals surface area (Å²) in [7, 11) is 3.27. The molecule has 0 amide bonds. The molecule has 1 N–H and O–H groups in total. The second kappa shape index (κ2) is 6.84. The van der Waals surface area contributed by atoms with E-state index < -0.39 is 0 Å². The minimum Gasteiger partial charge on any atom is -0.493 e. The first-order chi connectivity index (χ1) is 9.78. The number of nitrogens with one attached hydrogen (secondary N) is 1. The molecule has 20 heavy (non-hydrogen) atoms. The molecule has 1 aromatic heterocycles. The lowest BCUT2D eigenvalue weighted by molar-refractivity contribution is 0.355. The Labute approximate surface area is 119 Å². The summed E-state index contributed by atoms with van der Waals surface area (Å²) >= 11 is 0. The zero-order valence-corrected chi connectivity index (χ0v) is 12.2. The van der Waals surface area contributed by atoms with E-state index >= 15 is 0 Å². The highest BCUT2D eigenvalue weighted by atomic mass is 16.5. The molecule has 0 fully saturated rings. The average molecular weight is 275 g/mol. The van der Waals surface area contributed by atoms with Crippen molar-refractivity contribution in [3.63, 3.8) is 0 Å². The number of methoxy groups -OCH3 is 2. The molecule has 1 heterocycles. The highest BCUT2D eigenvalue weighted by Crippen LogP contribution is 2.29. The van der Waals surface area contributed by atoms with Crippen molar-refractivity contribution in [1.29, 1.82) is 0 Å². The van der Waals surface area contributed by atoms with Crippen LogP contribution >= 0.6 is 0 Å². The van der Waals surface area contributed by atoms with Crippen molar-refractivity contribution in [3.05, 3.63) is 36.4 Å². The lowest BCUT2D eigenvalue weighted by Crippen LogP contribution is -2.07. The van der Waals surface area contributed by atoms with E-state index in [9.17, 15) is 0 Å². The van der Waals surface area contributed by atoms with Gasteiger partial charge in [0.15, 0.2) is 11.5 Å². The largest absolute Gasteiger partial charge is 0.493 e. The van der Waals surface area contributed by atoms with Crippen molar-refractivity contribution in [2.45, 2.75) is 26.4 Å². The van der Waals surface area contributed by atoms with E-state index in [2.05, 4.69) is 21.8 Å². The number of ether oxygens (including phenoxy) is 2. The van der Waals surface area contributed by atoms with Crippen LogP contribution in [0.1, 0.15) is 19.0 Å². The fraction of sp³-hybridized carbons (Fsp3) is 0.400. The monoisotopic (exact) mass is 275 g/mol. The average Bonchev–Trinajstić information content (AvgIpc) is 2.92. The summed E-state index contributed by atoms with van der Waals surface area (Å²) in [6.45, 7) is 3.88. The van der Waals surface area contributed by atoms with Crippen molar-refractivity contribution >= 4 is 5.69 Å². The van der Waals surface area contributed by atoms with Crippen molar-refractivity contribution < 1.29 is 9.47 Å². The predicted octanol–water partition coefficient (Wildman–Crippen LogP) is 2.92. The van der Waals surface area contributed by atoms with E-state index in [0.29, 0.717) is 0 Å². The second-order valence-corrected chi connectivity index (χ2v) is 4.50. The van der Waals surface area contributed by atoms with Gasteiger partial charge >= 0.3 is 0 Å². The van der Waals surface area contributed by atoms with Crippen LogP contribution in [-0.4, -0.2) is 23.8 Å². The number of nitrogens with zero attached hydrogens (tertiary/aromatic N) is 2. The Morgan fingerprint density at radius 2 is 2.00 bits per heavy atom. The van der Waals surface area contributed by atoms with Crippen molar-refractivity contribution in [1.82, 2.24) is 9.55 Å². The van der Waals surface area contributed by atoms with Crippen LogP contribution < -0.4 is 14.8 Å². The number of anilines is 1. The standard InChI is InChI=1S/C15H21N3O2/c1-4-7-18-11-16-9-13(18)10-17-12-5-6-14(19-2)15(8-12)20-3/h5-6,8-9,11,17H,4,7,10H2,1-3H3. The van der Waals surface area contributed by atoms with E-state index in [4.69, 9.17) is 9.47 Å². The number of aromatic nitrogens is 2. The van der Waals surface area contributed by atoms with Crippen LogP contribution in [0, 0.1) is 0 Å². The summed E-state index contributed by atoms with van der Waals surface area (Å²) in [4.78, 5) is 4.19. The summed E-state index contributed by atoms with van der Waals surface area (Å²) in [5.41, 5.74) is 2.16. The molecule has 0 saturated carbocycles. The molecule has 0 aliphatic carbocycles. The summed E-state index contributed by atoms with van der Waals surface area (Å²) in [6.07, 6.45) is 4.86. The third-order valence-corrected chi connectivity index (χ3v) is 3.12. The molecule has 1 aromatic carbocycles. The third-order valence-electron chi connectivity index (χ3n) is 3.12. The summed E-state index contributed by atoms with van der Waals surface area (Å²) in [5, 5.41) is 3.38. The van der Waals surface area contributed by atoms with Crippen molar-refractivity contribution in [2.24, 2.45) is 0 Å². The Balaban J connectivity index is 2.05. The first-order valence-corrected chi connectivity index (χ1v) is 6.73. The Bertz CT molecular complexity index is 552. The molecule has 5 nitrogen and oxygen atoms in total. The van der Waals surface area contributed by atoms with Crippen molar-refractivity contribution in [2.75, 3.05) is 19.5 Å². The Morgan fingerprint density at radius 3 is 2.70 bits per heavy atom. The van der Waals surface area contributed by atoms with Gasteiger partial charge in [-0.15, -0.1) is 0 Å². The molecule has 0 radical (unpaired) electrons. The highest BCUT2D eigenvalue weighted by molar-refractivity contribution is 5.54. The molecule has 0 unspecified atom stereocenters. The van der Waals surface area contributed by atoms with E-state index in [-0.39, 0.29) is 0 Å².